The molecule has 1 aliphatic heterocycles. The van der Waals surface area contributed by atoms with Gasteiger partial charge in [-0.2, -0.15) is 0 Å². The summed E-state index contributed by atoms with van der Waals surface area (Å²) in [6.45, 7) is 0.817. The molecule has 2 aromatic carbocycles. The van der Waals surface area contributed by atoms with Crippen LogP contribution in [0.25, 0.3) is 11.1 Å². The Balaban J connectivity index is 1.97. The van der Waals surface area contributed by atoms with Crippen LogP contribution in [-0.4, -0.2) is 13.7 Å². The molecule has 2 aromatic rings. The van der Waals surface area contributed by atoms with Gasteiger partial charge in [-0.05, 0) is 41.0 Å². The predicted octanol–water partition coefficient (Wildman–Crippen LogP) is 3.33. The van der Waals surface area contributed by atoms with Gasteiger partial charge in [0.15, 0.2) is 0 Å². The topological polar surface area (TPSA) is 21.3 Å². The molecule has 0 atom stereocenters. The molecule has 1 aliphatic rings. The smallest absolute Gasteiger partial charge is 0.122 e. The highest BCUT2D eigenvalue weighted by atomic mass is 16.5. The number of benzene rings is 2. The quantitative estimate of drug-likeness (QED) is 0.846. The second-order valence-electron chi connectivity index (χ2n) is 4.25. The van der Waals surface area contributed by atoms with Crippen LogP contribution in [-0.2, 0) is 6.42 Å². The molecule has 2 heteroatoms. The van der Waals surface area contributed by atoms with Gasteiger partial charge in [-0.15, -0.1) is 0 Å². The lowest BCUT2D eigenvalue weighted by Crippen LogP contribution is -1.87. The third-order valence-corrected chi connectivity index (χ3v) is 3.20. The molecule has 0 radical (unpaired) electrons. The Kier molecular flexibility index (Phi) is 2.48. The van der Waals surface area contributed by atoms with Crippen molar-refractivity contribution in [2.75, 3.05) is 19.0 Å². The van der Waals surface area contributed by atoms with Crippen molar-refractivity contribution >= 4 is 5.69 Å². The van der Waals surface area contributed by atoms with Crippen molar-refractivity contribution in [3.8, 4) is 16.9 Å². The number of nitrogens with one attached hydrogen (secondary N) is 1. The van der Waals surface area contributed by atoms with Crippen molar-refractivity contribution in [2.45, 2.75) is 6.42 Å². The first-order chi connectivity index (χ1) is 8.36. The van der Waals surface area contributed by atoms with Crippen LogP contribution in [0.15, 0.2) is 42.5 Å². The summed E-state index contributed by atoms with van der Waals surface area (Å²) in [5.74, 6) is 1.04. The molecule has 0 aromatic heterocycles. The highest BCUT2D eigenvalue weighted by Crippen LogP contribution is 2.30. The van der Waals surface area contributed by atoms with Crippen molar-refractivity contribution in [3.63, 3.8) is 0 Å². The van der Waals surface area contributed by atoms with E-state index in [4.69, 9.17) is 4.74 Å². The van der Waals surface area contributed by atoms with Crippen LogP contribution in [0.3, 0.4) is 0 Å². The highest BCUT2D eigenvalue weighted by Gasteiger charge is 2.12. The van der Waals surface area contributed by atoms with Gasteiger partial charge in [-0.25, -0.2) is 0 Å². The lowest BCUT2D eigenvalue weighted by Gasteiger charge is -2.06. The minimum atomic E-state index is 0.817. The maximum absolute atomic E-state index is 5.52. The molecule has 86 valence electrons. The van der Waals surface area contributed by atoms with E-state index in [9.17, 15) is 0 Å². The van der Waals surface area contributed by atoms with Crippen molar-refractivity contribution < 1.29 is 4.74 Å². The molecule has 0 unspecified atom stereocenters. The van der Waals surface area contributed by atoms with Gasteiger partial charge in [0.1, 0.15) is 5.75 Å². The first kappa shape index (κ1) is 10.2. The minimum absolute atomic E-state index is 0.817. The number of anilines is 1. The zero-order chi connectivity index (χ0) is 11.7. The van der Waals surface area contributed by atoms with Crippen molar-refractivity contribution in [3.05, 3.63) is 48.0 Å². The van der Waals surface area contributed by atoms with E-state index in [1.807, 2.05) is 7.05 Å². The molecular formula is C15H15NO. The summed E-state index contributed by atoms with van der Waals surface area (Å²) >= 11 is 0. The fraction of sp³-hybridized carbons (Fsp3) is 0.200. The standard InChI is InChI=1S/C15H15NO/c1-16-14-5-2-11(3-6-14)12-4-7-15-13(10-12)8-9-17-15/h2-7,10,16H,8-9H2,1H3. The lowest BCUT2D eigenvalue weighted by atomic mass is 10.0. The average molecular weight is 225 g/mol. The van der Waals surface area contributed by atoms with Gasteiger partial charge in [0.2, 0.25) is 0 Å². The molecular weight excluding hydrogens is 210 g/mol. The van der Waals surface area contributed by atoms with Gasteiger partial charge in [0.05, 0.1) is 6.61 Å². The van der Waals surface area contributed by atoms with Crippen LogP contribution in [0.2, 0.25) is 0 Å². The Bertz CT molecular complexity index is 531. The van der Waals surface area contributed by atoms with E-state index in [2.05, 4.69) is 47.8 Å². The molecule has 2 nitrogen and oxygen atoms in total. The molecule has 1 N–H and O–H groups in total. The van der Waals surface area contributed by atoms with Crippen LogP contribution >= 0.6 is 0 Å². The zero-order valence-corrected chi connectivity index (χ0v) is 9.86. The Morgan fingerprint density at radius 3 is 2.53 bits per heavy atom. The zero-order valence-electron chi connectivity index (χ0n) is 9.86. The number of hydrogen-bond donors (Lipinski definition) is 1. The van der Waals surface area contributed by atoms with E-state index in [1.54, 1.807) is 0 Å². The van der Waals surface area contributed by atoms with Gasteiger partial charge >= 0.3 is 0 Å². The van der Waals surface area contributed by atoms with Crippen LogP contribution in [0.1, 0.15) is 5.56 Å². The molecule has 0 amide bonds. The number of rotatable bonds is 2. The van der Waals surface area contributed by atoms with E-state index in [0.717, 1.165) is 24.5 Å². The minimum Gasteiger partial charge on any atom is -0.493 e. The number of hydrogen-bond acceptors (Lipinski definition) is 2. The summed E-state index contributed by atoms with van der Waals surface area (Å²) in [6, 6.07) is 14.9. The number of fused-ring (bicyclic) bond motifs is 1. The summed E-state index contributed by atoms with van der Waals surface area (Å²) in [7, 11) is 1.93. The van der Waals surface area contributed by atoms with Crippen molar-refractivity contribution in [1.82, 2.24) is 0 Å². The molecule has 0 saturated heterocycles. The maximum Gasteiger partial charge on any atom is 0.122 e. The highest BCUT2D eigenvalue weighted by molar-refractivity contribution is 5.68. The molecule has 1 heterocycles. The predicted molar refractivity (Wildman–Crippen MR) is 70.6 cm³/mol. The van der Waals surface area contributed by atoms with Gasteiger partial charge < -0.3 is 10.1 Å². The summed E-state index contributed by atoms with van der Waals surface area (Å²) in [6.07, 6.45) is 1.03. The van der Waals surface area contributed by atoms with Crippen LogP contribution < -0.4 is 10.1 Å². The SMILES string of the molecule is CNc1ccc(-c2ccc3c(c2)CCO3)cc1. The Hall–Kier alpha value is -1.96. The Morgan fingerprint density at radius 2 is 1.76 bits per heavy atom. The second kappa shape index (κ2) is 4.13. The van der Waals surface area contributed by atoms with Crippen LogP contribution in [0.5, 0.6) is 5.75 Å². The molecule has 0 bridgehead atoms. The second-order valence-corrected chi connectivity index (χ2v) is 4.25. The van der Waals surface area contributed by atoms with E-state index >= 15 is 0 Å². The summed E-state index contributed by atoms with van der Waals surface area (Å²) in [4.78, 5) is 0. The molecule has 17 heavy (non-hydrogen) atoms. The summed E-state index contributed by atoms with van der Waals surface area (Å²) in [5.41, 5.74) is 4.97. The van der Waals surface area contributed by atoms with E-state index in [-0.39, 0.29) is 0 Å². The summed E-state index contributed by atoms with van der Waals surface area (Å²) in [5, 5.41) is 3.13. The molecule has 0 aliphatic carbocycles. The average Bonchev–Trinajstić information content (AvgIpc) is 2.86. The largest absolute Gasteiger partial charge is 0.493 e. The molecule has 3 rings (SSSR count). The monoisotopic (exact) mass is 225 g/mol. The Morgan fingerprint density at radius 1 is 1.00 bits per heavy atom. The van der Waals surface area contributed by atoms with Crippen molar-refractivity contribution in [2.24, 2.45) is 0 Å². The third-order valence-electron chi connectivity index (χ3n) is 3.20. The van der Waals surface area contributed by atoms with E-state index in [1.165, 1.54) is 16.7 Å². The summed E-state index contributed by atoms with van der Waals surface area (Å²) < 4.78 is 5.52. The van der Waals surface area contributed by atoms with E-state index in [0.29, 0.717) is 0 Å². The Labute approximate surface area is 101 Å². The van der Waals surface area contributed by atoms with Gasteiger partial charge in [-0.3, -0.25) is 0 Å². The molecule has 0 spiro atoms. The van der Waals surface area contributed by atoms with Crippen LogP contribution in [0.4, 0.5) is 5.69 Å². The third kappa shape index (κ3) is 1.86. The van der Waals surface area contributed by atoms with E-state index < -0.39 is 0 Å². The lowest BCUT2D eigenvalue weighted by molar-refractivity contribution is 0.357. The fourth-order valence-electron chi connectivity index (χ4n) is 2.20. The fourth-order valence-corrected chi connectivity index (χ4v) is 2.20. The van der Waals surface area contributed by atoms with Gasteiger partial charge in [-0.1, -0.05) is 18.2 Å². The number of ether oxygens (including phenoxy) is 1. The maximum atomic E-state index is 5.52. The molecule has 0 fully saturated rings. The van der Waals surface area contributed by atoms with Crippen molar-refractivity contribution in [1.29, 1.82) is 0 Å². The first-order valence-electron chi connectivity index (χ1n) is 5.91. The molecule has 0 saturated carbocycles. The van der Waals surface area contributed by atoms with Gasteiger partial charge in [0.25, 0.3) is 0 Å². The normalized spacial score (nSPS) is 13.0. The first-order valence-corrected chi connectivity index (χ1v) is 5.91. The van der Waals surface area contributed by atoms with Crippen LogP contribution in [0, 0.1) is 0 Å². The van der Waals surface area contributed by atoms with Gasteiger partial charge in [0, 0.05) is 19.2 Å².